The minimum Gasteiger partial charge on any atom is -0.352 e. The van der Waals surface area contributed by atoms with Gasteiger partial charge in [-0.2, -0.15) is 0 Å². The van der Waals surface area contributed by atoms with Crippen molar-refractivity contribution in [1.29, 1.82) is 0 Å². The van der Waals surface area contributed by atoms with E-state index in [0.29, 0.717) is 18.4 Å². The SMILES string of the molecule is CCC1CCCCC1NC(=O)[C@H](N)Cc1ccccc1. The minimum atomic E-state index is -0.447. The number of carbonyl (C=O) groups excluding carboxylic acids is 1. The van der Waals surface area contributed by atoms with Crippen LogP contribution < -0.4 is 11.1 Å². The number of nitrogens with two attached hydrogens (primary N) is 1. The lowest BCUT2D eigenvalue weighted by Crippen LogP contribution is -2.49. The van der Waals surface area contributed by atoms with E-state index in [4.69, 9.17) is 5.73 Å². The predicted molar refractivity (Wildman–Crippen MR) is 82.3 cm³/mol. The van der Waals surface area contributed by atoms with Crippen molar-refractivity contribution in [3.63, 3.8) is 0 Å². The van der Waals surface area contributed by atoms with Crippen LogP contribution in [0.15, 0.2) is 30.3 Å². The van der Waals surface area contributed by atoms with Gasteiger partial charge in [-0.1, -0.05) is 56.5 Å². The Kier molecular flexibility index (Phi) is 5.60. The van der Waals surface area contributed by atoms with E-state index in [2.05, 4.69) is 12.2 Å². The summed E-state index contributed by atoms with van der Waals surface area (Å²) in [5.74, 6) is 0.621. The average Bonchev–Trinajstić information content (AvgIpc) is 2.48. The smallest absolute Gasteiger partial charge is 0.237 e. The molecular weight excluding hydrogens is 248 g/mol. The predicted octanol–water partition coefficient (Wildman–Crippen LogP) is 2.64. The number of hydrogen-bond donors (Lipinski definition) is 2. The van der Waals surface area contributed by atoms with Gasteiger partial charge in [0.2, 0.25) is 5.91 Å². The second kappa shape index (κ2) is 7.44. The maximum absolute atomic E-state index is 12.2. The Balaban J connectivity index is 1.87. The Morgan fingerprint density at radius 2 is 2.00 bits per heavy atom. The normalized spacial score (nSPS) is 24.1. The summed E-state index contributed by atoms with van der Waals surface area (Å²) in [6.45, 7) is 2.21. The lowest BCUT2D eigenvalue weighted by molar-refractivity contribution is -0.123. The van der Waals surface area contributed by atoms with Crippen molar-refractivity contribution in [1.82, 2.24) is 5.32 Å². The van der Waals surface area contributed by atoms with Crippen molar-refractivity contribution >= 4 is 5.91 Å². The van der Waals surface area contributed by atoms with Crippen LogP contribution in [0.25, 0.3) is 0 Å². The summed E-state index contributed by atoms with van der Waals surface area (Å²) < 4.78 is 0. The van der Waals surface area contributed by atoms with E-state index in [-0.39, 0.29) is 5.91 Å². The van der Waals surface area contributed by atoms with Crippen LogP contribution in [0.3, 0.4) is 0 Å². The van der Waals surface area contributed by atoms with Crippen LogP contribution in [0.2, 0.25) is 0 Å². The third-order valence-electron chi connectivity index (χ3n) is 4.40. The molecule has 20 heavy (non-hydrogen) atoms. The number of carbonyl (C=O) groups is 1. The molecule has 1 amide bonds. The summed E-state index contributed by atoms with van der Waals surface area (Å²) in [5.41, 5.74) is 7.16. The van der Waals surface area contributed by atoms with Crippen molar-refractivity contribution in [3.05, 3.63) is 35.9 Å². The van der Waals surface area contributed by atoms with Gasteiger partial charge < -0.3 is 11.1 Å². The maximum Gasteiger partial charge on any atom is 0.237 e. The molecule has 110 valence electrons. The molecule has 0 bridgehead atoms. The molecular formula is C17H26N2O. The molecule has 1 aromatic carbocycles. The van der Waals surface area contributed by atoms with Crippen LogP contribution in [0.5, 0.6) is 0 Å². The molecule has 3 atom stereocenters. The highest BCUT2D eigenvalue weighted by molar-refractivity contribution is 5.82. The van der Waals surface area contributed by atoms with Gasteiger partial charge in [0.25, 0.3) is 0 Å². The molecule has 1 aliphatic carbocycles. The first-order valence-corrected chi connectivity index (χ1v) is 7.80. The summed E-state index contributed by atoms with van der Waals surface area (Å²) in [6, 6.07) is 9.84. The summed E-state index contributed by atoms with van der Waals surface area (Å²) >= 11 is 0. The van der Waals surface area contributed by atoms with E-state index in [9.17, 15) is 4.79 Å². The van der Waals surface area contributed by atoms with Crippen molar-refractivity contribution in [2.75, 3.05) is 0 Å². The van der Waals surface area contributed by atoms with Crippen molar-refractivity contribution in [2.24, 2.45) is 11.7 Å². The standard InChI is InChI=1S/C17H26N2O/c1-2-14-10-6-7-11-16(14)19-17(20)15(18)12-13-8-4-3-5-9-13/h3-5,8-9,14-16H,2,6-7,10-12,18H2,1H3,(H,19,20)/t14?,15-,16?/m1/s1. The van der Waals surface area contributed by atoms with Gasteiger partial charge >= 0.3 is 0 Å². The largest absolute Gasteiger partial charge is 0.352 e. The molecule has 0 aliphatic heterocycles. The van der Waals surface area contributed by atoms with E-state index >= 15 is 0 Å². The second-order valence-electron chi connectivity index (χ2n) is 5.86. The van der Waals surface area contributed by atoms with Crippen molar-refractivity contribution in [3.8, 4) is 0 Å². The van der Waals surface area contributed by atoms with Gasteiger partial charge in [-0.15, -0.1) is 0 Å². The third-order valence-corrected chi connectivity index (χ3v) is 4.40. The fourth-order valence-corrected chi connectivity index (χ4v) is 3.14. The zero-order valence-corrected chi connectivity index (χ0v) is 12.3. The number of nitrogens with one attached hydrogen (secondary N) is 1. The van der Waals surface area contributed by atoms with Gasteiger partial charge in [0.05, 0.1) is 6.04 Å². The molecule has 1 saturated carbocycles. The van der Waals surface area contributed by atoms with Crippen molar-refractivity contribution < 1.29 is 4.79 Å². The maximum atomic E-state index is 12.2. The van der Waals surface area contributed by atoms with Crippen LogP contribution in [0.4, 0.5) is 0 Å². The first kappa shape index (κ1) is 15.0. The van der Waals surface area contributed by atoms with Crippen molar-refractivity contribution in [2.45, 2.75) is 57.5 Å². The van der Waals surface area contributed by atoms with Gasteiger partial charge in [0.1, 0.15) is 0 Å². The van der Waals surface area contributed by atoms with E-state index < -0.39 is 6.04 Å². The Labute approximate surface area is 121 Å². The molecule has 3 nitrogen and oxygen atoms in total. The molecule has 1 aromatic rings. The number of amides is 1. The summed E-state index contributed by atoms with van der Waals surface area (Å²) in [7, 11) is 0. The lowest BCUT2D eigenvalue weighted by Gasteiger charge is -2.32. The zero-order valence-electron chi connectivity index (χ0n) is 12.3. The van der Waals surface area contributed by atoms with Gasteiger partial charge in [0.15, 0.2) is 0 Å². The molecule has 0 spiro atoms. The number of hydrogen-bond acceptors (Lipinski definition) is 2. The molecule has 0 radical (unpaired) electrons. The Morgan fingerprint density at radius 1 is 1.30 bits per heavy atom. The average molecular weight is 274 g/mol. The zero-order chi connectivity index (χ0) is 14.4. The fourth-order valence-electron chi connectivity index (χ4n) is 3.14. The molecule has 2 rings (SSSR count). The molecule has 3 N–H and O–H groups in total. The van der Waals surface area contributed by atoms with E-state index in [0.717, 1.165) is 18.4 Å². The molecule has 1 aliphatic rings. The highest BCUT2D eigenvalue weighted by Gasteiger charge is 2.26. The highest BCUT2D eigenvalue weighted by atomic mass is 16.2. The summed E-state index contributed by atoms with van der Waals surface area (Å²) in [6.07, 6.45) is 6.59. The first-order chi connectivity index (χ1) is 9.70. The molecule has 1 fully saturated rings. The minimum absolute atomic E-state index is 0.000738. The topological polar surface area (TPSA) is 55.1 Å². The van der Waals surface area contributed by atoms with Crippen LogP contribution in [-0.4, -0.2) is 18.0 Å². The lowest BCUT2D eigenvalue weighted by atomic mass is 9.82. The number of rotatable bonds is 5. The highest BCUT2D eigenvalue weighted by Crippen LogP contribution is 2.26. The third kappa shape index (κ3) is 4.07. The molecule has 3 heteroatoms. The van der Waals surface area contributed by atoms with E-state index in [1.54, 1.807) is 0 Å². The van der Waals surface area contributed by atoms with E-state index in [1.165, 1.54) is 19.3 Å². The number of benzene rings is 1. The summed E-state index contributed by atoms with van der Waals surface area (Å²) in [5, 5.41) is 3.18. The fraction of sp³-hybridized carbons (Fsp3) is 0.588. The van der Waals surface area contributed by atoms with Gasteiger partial charge in [0, 0.05) is 6.04 Å². The molecule has 0 saturated heterocycles. The molecule has 2 unspecified atom stereocenters. The van der Waals surface area contributed by atoms with Crippen LogP contribution in [-0.2, 0) is 11.2 Å². The molecule has 0 aromatic heterocycles. The summed E-state index contributed by atoms with van der Waals surface area (Å²) in [4.78, 5) is 12.2. The van der Waals surface area contributed by atoms with Gasteiger partial charge in [-0.05, 0) is 30.7 Å². The van der Waals surface area contributed by atoms with E-state index in [1.807, 2.05) is 30.3 Å². The second-order valence-corrected chi connectivity index (χ2v) is 5.86. The first-order valence-electron chi connectivity index (χ1n) is 7.80. The quantitative estimate of drug-likeness (QED) is 0.867. The van der Waals surface area contributed by atoms with Gasteiger partial charge in [-0.25, -0.2) is 0 Å². The molecule has 0 heterocycles. The Bertz CT molecular complexity index is 418. The van der Waals surface area contributed by atoms with Crippen LogP contribution in [0.1, 0.15) is 44.6 Å². The Hall–Kier alpha value is -1.35. The van der Waals surface area contributed by atoms with Crippen LogP contribution >= 0.6 is 0 Å². The Morgan fingerprint density at radius 3 is 2.70 bits per heavy atom. The monoisotopic (exact) mass is 274 g/mol. The van der Waals surface area contributed by atoms with Crippen LogP contribution in [0, 0.1) is 5.92 Å². The van der Waals surface area contributed by atoms with Gasteiger partial charge in [-0.3, -0.25) is 4.79 Å².